The molecule has 4 heterocycles. The van der Waals surface area contributed by atoms with Crippen molar-refractivity contribution in [1.82, 2.24) is 20.1 Å². The number of nitrogens with zero attached hydrogens (tertiary/aromatic N) is 4. The van der Waals surface area contributed by atoms with Gasteiger partial charge in [0.15, 0.2) is 5.65 Å². The zero-order valence-electron chi connectivity index (χ0n) is 21.5. The number of carbonyl (C=O) groups excluding carboxylic acids is 1. The van der Waals surface area contributed by atoms with Gasteiger partial charge in [-0.15, -0.1) is 0 Å². The monoisotopic (exact) mass is 487 g/mol. The Bertz CT molecular complexity index is 1380. The molecule has 0 aliphatic carbocycles. The number of aryl methyl sites for hydroxylation is 2. The Hall–Kier alpha value is -3.81. The highest BCUT2D eigenvalue weighted by molar-refractivity contribution is 6.06. The van der Waals surface area contributed by atoms with E-state index in [2.05, 4.69) is 41.3 Å². The number of nitrogens with one attached hydrogen (secondary N) is 1. The van der Waals surface area contributed by atoms with Crippen LogP contribution in [0.2, 0.25) is 0 Å². The van der Waals surface area contributed by atoms with Gasteiger partial charge in [-0.3, -0.25) is 4.79 Å². The third-order valence-electron chi connectivity index (χ3n) is 6.89. The number of benzene rings is 1. The minimum absolute atomic E-state index is 0.0901. The van der Waals surface area contributed by atoms with Crippen LogP contribution in [0.25, 0.3) is 22.3 Å². The number of carbonyl (C=O) groups is 1. The minimum Gasteiger partial charge on any atom is -0.497 e. The molecule has 5 rings (SSSR count). The number of piperidine rings is 1. The number of anilines is 1. The number of furan rings is 1. The molecule has 0 spiro atoms. The second kappa shape index (κ2) is 9.68. The first-order valence-corrected chi connectivity index (χ1v) is 12.5. The number of methoxy groups -OCH3 is 1. The van der Waals surface area contributed by atoms with Crippen LogP contribution in [0.4, 0.5) is 5.69 Å². The van der Waals surface area contributed by atoms with Crippen molar-refractivity contribution in [3.8, 4) is 17.0 Å². The first-order chi connectivity index (χ1) is 17.3. The molecule has 0 saturated carbocycles. The quantitative estimate of drug-likeness (QED) is 0.397. The van der Waals surface area contributed by atoms with Crippen molar-refractivity contribution in [2.24, 2.45) is 0 Å². The van der Waals surface area contributed by atoms with Crippen molar-refractivity contribution in [3.63, 3.8) is 0 Å². The summed E-state index contributed by atoms with van der Waals surface area (Å²) in [6.45, 7) is 9.72. The summed E-state index contributed by atoms with van der Waals surface area (Å²) < 4.78 is 12.9. The number of hydrogen-bond acceptors (Lipinski definition) is 6. The lowest BCUT2D eigenvalue weighted by Crippen LogP contribution is -2.44. The molecule has 4 aromatic rings. The van der Waals surface area contributed by atoms with E-state index in [9.17, 15) is 4.79 Å². The highest BCUT2D eigenvalue weighted by Crippen LogP contribution is 2.30. The largest absolute Gasteiger partial charge is 0.497 e. The van der Waals surface area contributed by atoms with Crippen LogP contribution >= 0.6 is 0 Å². The van der Waals surface area contributed by atoms with Crippen molar-refractivity contribution in [2.75, 3.05) is 25.1 Å². The molecule has 0 bridgehead atoms. The zero-order valence-corrected chi connectivity index (χ0v) is 21.5. The molecule has 8 heteroatoms. The second-order valence-electron chi connectivity index (χ2n) is 9.73. The van der Waals surface area contributed by atoms with Crippen molar-refractivity contribution in [2.45, 2.75) is 52.6 Å². The van der Waals surface area contributed by atoms with Crippen molar-refractivity contribution < 1.29 is 13.9 Å². The highest BCUT2D eigenvalue weighted by atomic mass is 16.5. The maximum atomic E-state index is 13.6. The van der Waals surface area contributed by atoms with E-state index in [0.29, 0.717) is 11.2 Å². The number of rotatable bonds is 6. The SMILES string of the molecule is COc1ccc(N2CCC(NC(=O)c3cc(-c4cc(C)oc4C)nc4c3cnn4C(C)C)CC2)cc1. The van der Waals surface area contributed by atoms with E-state index in [4.69, 9.17) is 14.1 Å². The van der Waals surface area contributed by atoms with Gasteiger partial charge in [-0.05, 0) is 76.9 Å². The van der Waals surface area contributed by atoms with Crippen molar-refractivity contribution in [3.05, 3.63) is 59.7 Å². The van der Waals surface area contributed by atoms with Crippen molar-refractivity contribution in [1.29, 1.82) is 0 Å². The Balaban J connectivity index is 1.38. The molecule has 0 atom stereocenters. The second-order valence-corrected chi connectivity index (χ2v) is 9.73. The van der Waals surface area contributed by atoms with Crippen LogP contribution in [0.3, 0.4) is 0 Å². The van der Waals surface area contributed by atoms with Gasteiger partial charge in [0.25, 0.3) is 5.91 Å². The van der Waals surface area contributed by atoms with E-state index in [1.807, 2.05) is 42.8 Å². The Morgan fingerprint density at radius 1 is 1.14 bits per heavy atom. The number of pyridine rings is 1. The number of aromatic nitrogens is 3. The summed E-state index contributed by atoms with van der Waals surface area (Å²) in [6, 6.07) is 12.2. The van der Waals surface area contributed by atoms with Gasteiger partial charge >= 0.3 is 0 Å². The lowest BCUT2D eigenvalue weighted by molar-refractivity contribution is 0.0932. The normalized spacial score (nSPS) is 14.6. The number of ether oxygens (including phenoxy) is 1. The first-order valence-electron chi connectivity index (χ1n) is 12.5. The molecule has 0 radical (unpaired) electrons. The van der Waals surface area contributed by atoms with Crippen LogP contribution in [0, 0.1) is 13.8 Å². The molecule has 1 aliphatic rings. The molecule has 1 aliphatic heterocycles. The molecule has 1 amide bonds. The maximum absolute atomic E-state index is 13.6. The number of hydrogen-bond donors (Lipinski definition) is 1. The van der Waals surface area contributed by atoms with Crippen LogP contribution in [0.5, 0.6) is 5.75 Å². The predicted octanol–water partition coefficient (Wildman–Crippen LogP) is 5.30. The molecule has 3 aromatic heterocycles. The zero-order chi connectivity index (χ0) is 25.4. The summed E-state index contributed by atoms with van der Waals surface area (Å²) in [5.74, 6) is 2.36. The Morgan fingerprint density at radius 2 is 1.86 bits per heavy atom. The van der Waals surface area contributed by atoms with Gasteiger partial charge in [0.05, 0.1) is 30.0 Å². The summed E-state index contributed by atoms with van der Waals surface area (Å²) in [5, 5.41) is 8.58. The van der Waals surface area contributed by atoms with E-state index >= 15 is 0 Å². The summed E-state index contributed by atoms with van der Waals surface area (Å²) >= 11 is 0. The van der Waals surface area contributed by atoms with Crippen LogP contribution in [0.1, 0.15) is 54.6 Å². The minimum atomic E-state index is -0.0901. The molecule has 188 valence electrons. The fourth-order valence-electron chi connectivity index (χ4n) is 4.95. The van der Waals surface area contributed by atoms with Gasteiger partial charge in [-0.25, -0.2) is 9.67 Å². The van der Waals surface area contributed by atoms with Crippen LogP contribution < -0.4 is 15.0 Å². The van der Waals surface area contributed by atoms with Crippen LogP contribution in [-0.2, 0) is 0 Å². The van der Waals surface area contributed by atoms with Gasteiger partial charge in [-0.1, -0.05) is 0 Å². The van der Waals surface area contributed by atoms with E-state index in [1.165, 1.54) is 5.69 Å². The molecule has 1 aromatic carbocycles. The smallest absolute Gasteiger partial charge is 0.252 e. The standard InChI is InChI=1S/C28H33N5O3/c1-17(2)33-27-25(16-29-33)24(15-26(31-27)23-14-18(3)36-19(23)4)28(34)30-20-10-12-32(13-11-20)21-6-8-22(35-5)9-7-21/h6-9,14-17,20H,10-13H2,1-5H3,(H,30,34). The van der Waals surface area contributed by atoms with Crippen LogP contribution in [0.15, 0.2) is 47.0 Å². The first kappa shape index (κ1) is 23.9. The summed E-state index contributed by atoms with van der Waals surface area (Å²) in [5.41, 5.74) is 4.09. The third kappa shape index (κ3) is 4.55. The molecule has 0 unspecified atom stereocenters. The maximum Gasteiger partial charge on any atom is 0.252 e. The van der Waals surface area contributed by atoms with Gasteiger partial charge in [0, 0.05) is 36.4 Å². The van der Waals surface area contributed by atoms with E-state index in [-0.39, 0.29) is 18.0 Å². The third-order valence-corrected chi connectivity index (χ3v) is 6.89. The molecule has 1 N–H and O–H groups in total. The fourth-order valence-corrected chi connectivity index (χ4v) is 4.95. The average Bonchev–Trinajstić information content (AvgIpc) is 3.46. The van der Waals surface area contributed by atoms with Gasteiger partial charge in [0.1, 0.15) is 17.3 Å². The van der Waals surface area contributed by atoms with Crippen LogP contribution in [-0.4, -0.2) is 46.9 Å². The summed E-state index contributed by atoms with van der Waals surface area (Å²) in [7, 11) is 1.67. The summed E-state index contributed by atoms with van der Waals surface area (Å²) in [6.07, 6.45) is 3.51. The summed E-state index contributed by atoms with van der Waals surface area (Å²) in [4.78, 5) is 20.8. The highest BCUT2D eigenvalue weighted by Gasteiger charge is 2.25. The average molecular weight is 488 g/mol. The fraction of sp³-hybridized carbons (Fsp3) is 0.393. The Labute approximate surface area is 211 Å². The predicted molar refractivity (Wildman–Crippen MR) is 141 cm³/mol. The lowest BCUT2D eigenvalue weighted by atomic mass is 10.0. The molecule has 1 saturated heterocycles. The molecular formula is C28H33N5O3. The van der Waals surface area contributed by atoms with Gasteiger partial charge in [0.2, 0.25) is 0 Å². The Morgan fingerprint density at radius 3 is 2.47 bits per heavy atom. The number of amides is 1. The van der Waals surface area contributed by atoms with E-state index in [1.54, 1.807) is 13.3 Å². The molecule has 36 heavy (non-hydrogen) atoms. The molecule has 8 nitrogen and oxygen atoms in total. The van der Waals surface area contributed by atoms with Gasteiger partial charge < -0.3 is 19.4 Å². The Kier molecular flexibility index (Phi) is 6.43. The van der Waals surface area contributed by atoms with Crippen molar-refractivity contribution >= 4 is 22.6 Å². The molecule has 1 fully saturated rings. The number of fused-ring (bicyclic) bond motifs is 1. The van der Waals surface area contributed by atoms with Gasteiger partial charge in [-0.2, -0.15) is 5.10 Å². The van der Waals surface area contributed by atoms with E-state index < -0.39 is 0 Å². The lowest BCUT2D eigenvalue weighted by Gasteiger charge is -2.34. The molecular weight excluding hydrogens is 454 g/mol. The topological polar surface area (TPSA) is 85.4 Å². The van der Waals surface area contributed by atoms with E-state index in [0.717, 1.165) is 59.8 Å².